The Balaban J connectivity index is 2.12. The van der Waals surface area contributed by atoms with E-state index in [0.29, 0.717) is 17.1 Å². The molecule has 0 spiro atoms. The van der Waals surface area contributed by atoms with Gasteiger partial charge in [-0.1, -0.05) is 6.07 Å². The molecule has 1 heterocycles. The van der Waals surface area contributed by atoms with Crippen LogP contribution in [0, 0.1) is 5.82 Å². The predicted molar refractivity (Wildman–Crippen MR) is 116 cm³/mol. The molecular formula is C22H23FN2O7S. The molecule has 0 fully saturated rings. The van der Waals surface area contributed by atoms with E-state index in [0.717, 1.165) is 24.3 Å². The van der Waals surface area contributed by atoms with Gasteiger partial charge in [0.2, 0.25) is 0 Å². The Hall–Kier alpha value is -3.60. The maximum atomic E-state index is 13.2. The number of halogens is 1. The molecular weight excluding hydrogens is 455 g/mol. The zero-order chi connectivity index (χ0) is 24.2. The van der Waals surface area contributed by atoms with Gasteiger partial charge < -0.3 is 24.8 Å². The van der Waals surface area contributed by atoms with E-state index in [2.05, 4.69) is 10.6 Å². The van der Waals surface area contributed by atoms with Crippen LogP contribution in [0.25, 0.3) is 0 Å². The van der Waals surface area contributed by atoms with Gasteiger partial charge in [-0.25, -0.2) is 22.4 Å². The highest BCUT2D eigenvalue weighted by molar-refractivity contribution is 7.91. The molecule has 0 saturated carbocycles. The van der Waals surface area contributed by atoms with Crippen molar-refractivity contribution in [2.75, 3.05) is 26.6 Å². The Morgan fingerprint density at radius 3 is 2.33 bits per heavy atom. The molecule has 0 aromatic heterocycles. The van der Waals surface area contributed by atoms with Gasteiger partial charge in [-0.15, -0.1) is 0 Å². The first kappa shape index (κ1) is 24.1. The van der Waals surface area contributed by atoms with Crippen molar-refractivity contribution in [3.63, 3.8) is 0 Å². The van der Waals surface area contributed by atoms with Crippen LogP contribution >= 0.6 is 0 Å². The van der Waals surface area contributed by atoms with Crippen molar-refractivity contribution in [3.8, 4) is 11.5 Å². The van der Waals surface area contributed by atoms with E-state index in [9.17, 15) is 22.4 Å². The molecule has 1 atom stereocenters. The minimum absolute atomic E-state index is 0.0346. The van der Waals surface area contributed by atoms with Gasteiger partial charge >= 0.3 is 12.0 Å². The first-order valence-electron chi connectivity index (χ1n) is 9.88. The number of methoxy groups -OCH3 is 2. The van der Waals surface area contributed by atoms with Gasteiger partial charge in [0.1, 0.15) is 5.82 Å². The van der Waals surface area contributed by atoms with Crippen LogP contribution in [0.15, 0.2) is 58.6 Å². The second kappa shape index (κ2) is 9.90. The minimum Gasteiger partial charge on any atom is -0.493 e. The number of benzene rings is 2. The molecule has 2 aromatic carbocycles. The molecule has 11 heteroatoms. The van der Waals surface area contributed by atoms with Gasteiger partial charge in [-0.2, -0.15) is 0 Å². The summed E-state index contributed by atoms with van der Waals surface area (Å²) in [5, 5.41) is 5.04. The van der Waals surface area contributed by atoms with Crippen LogP contribution in [0.3, 0.4) is 0 Å². The van der Waals surface area contributed by atoms with Crippen LogP contribution in [0.1, 0.15) is 18.5 Å². The van der Waals surface area contributed by atoms with Crippen molar-refractivity contribution in [3.05, 3.63) is 65.1 Å². The molecule has 33 heavy (non-hydrogen) atoms. The quantitative estimate of drug-likeness (QED) is 0.442. The zero-order valence-electron chi connectivity index (χ0n) is 18.2. The van der Waals surface area contributed by atoms with Gasteiger partial charge in [0.25, 0.3) is 0 Å². The summed E-state index contributed by atoms with van der Waals surface area (Å²) >= 11 is 0. The highest BCUT2D eigenvalue weighted by Crippen LogP contribution is 2.35. The van der Waals surface area contributed by atoms with Crippen molar-refractivity contribution in [1.29, 1.82) is 0 Å². The summed E-state index contributed by atoms with van der Waals surface area (Å²) in [5.41, 5.74) is 0.234. The summed E-state index contributed by atoms with van der Waals surface area (Å²) in [4.78, 5) is 25.1. The summed E-state index contributed by atoms with van der Waals surface area (Å²) in [5.74, 6) is -1.31. The fourth-order valence-corrected chi connectivity index (χ4v) is 4.70. The number of carbonyl (C=O) groups excluding carboxylic acids is 2. The smallest absolute Gasteiger partial charge is 0.338 e. The minimum atomic E-state index is -4.03. The number of urea groups is 1. The summed E-state index contributed by atoms with van der Waals surface area (Å²) < 4.78 is 54.8. The highest BCUT2D eigenvalue weighted by Gasteiger charge is 2.36. The molecule has 0 bridgehead atoms. The lowest BCUT2D eigenvalue weighted by atomic mass is 9.95. The number of nitrogens with one attached hydrogen (secondary N) is 2. The van der Waals surface area contributed by atoms with E-state index in [1.807, 2.05) is 0 Å². The molecule has 176 valence electrons. The zero-order valence-corrected chi connectivity index (χ0v) is 19.0. The van der Waals surface area contributed by atoms with Gasteiger partial charge in [-0.3, -0.25) is 0 Å². The lowest BCUT2D eigenvalue weighted by Gasteiger charge is -2.29. The molecule has 3 rings (SSSR count). The number of hydrogen-bond donors (Lipinski definition) is 2. The second-order valence-corrected chi connectivity index (χ2v) is 8.96. The number of sulfone groups is 1. The fourth-order valence-electron chi connectivity index (χ4n) is 3.38. The monoisotopic (exact) mass is 478 g/mol. The summed E-state index contributed by atoms with van der Waals surface area (Å²) in [7, 11) is -1.13. The van der Waals surface area contributed by atoms with Crippen LogP contribution in [0.4, 0.5) is 9.18 Å². The Morgan fingerprint density at radius 1 is 1.06 bits per heavy atom. The van der Waals surface area contributed by atoms with Gasteiger partial charge in [-0.05, 0) is 48.9 Å². The third kappa shape index (κ3) is 5.25. The third-order valence-corrected chi connectivity index (χ3v) is 6.56. The normalized spacial score (nSPS) is 16.0. The molecule has 0 radical (unpaired) electrons. The van der Waals surface area contributed by atoms with E-state index in [1.165, 1.54) is 14.2 Å². The summed E-state index contributed by atoms with van der Waals surface area (Å²) in [6, 6.07) is 7.32. The van der Waals surface area contributed by atoms with Crippen molar-refractivity contribution < 1.29 is 36.6 Å². The first-order valence-corrected chi connectivity index (χ1v) is 11.5. The van der Waals surface area contributed by atoms with Crippen molar-refractivity contribution in [2.24, 2.45) is 0 Å². The maximum Gasteiger partial charge on any atom is 0.338 e. The van der Waals surface area contributed by atoms with Gasteiger partial charge in [0.15, 0.2) is 21.3 Å². The molecule has 2 amide bonds. The van der Waals surface area contributed by atoms with Crippen molar-refractivity contribution in [1.82, 2.24) is 10.6 Å². The Bertz CT molecular complexity index is 1190. The van der Waals surface area contributed by atoms with E-state index in [1.54, 1.807) is 25.1 Å². The van der Waals surface area contributed by atoms with Gasteiger partial charge in [0, 0.05) is 5.70 Å². The van der Waals surface area contributed by atoms with Crippen LogP contribution in [0.5, 0.6) is 11.5 Å². The summed E-state index contributed by atoms with van der Waals surface area (Å²) in [6.45, 7) is 1.64. The lowest BCUT2D eigenvalue weighted by Crippen LogP contribution is -2.47. The number of carbonyl (C=O) groups is 2. The Kier molecular flexibility index (Phi) is 7.22. The molecule has 1 aliphatic rings. The van der Waals surface area contributed by atoms with Crippen molar-refractivity contribution in [2.45, 2.75) is 17.9 Å². The number of esters is 1. The van der Waals surface area contributed by atoms with E-state index in [4.69, 9.17) is 14.2 Å². The molecule has 2 N–H and O–H groups in total. The SMILES string of the molecule is CCOC(=O)C1=C(CS(=O)(=O)c2ccc(F)cc2)NC(=O)NC1c1ccc(OC)c(OC)c1. The van der Waals surface area contributed by atoms with Gasteiger partial charge in [0.05, 0.1) is 43.1 Å². The van der Waals surface area contributed by atoms with E-state index < -0.39 is 39.4 Å². The van der Waals surface area contributed by atoms with Crippen LogP contribution < -0.4 is 20.1 Å². The Morgan fingerprint density at radius 2 is 1.73 bits per heavy atom. The second-order valence-electron chi connectivity index (χ2n) is 6.97. The topological polar surface area (TPSA) is 120 Å². The molecule has 0 saturated heterocycles. The number of hydrogen-bond acceptors (Lipinski definition) is 7. The maximum absolute atomic E-state index is 13.2. The molecule has 1 aliphatic heterocycles. The standard InChI is InChI=1S/C22H23FN2O7S/c1-4-32-21(26)19-16(12-33(28,29)15-8-6-14(23)7-9-15)24-22(27)25-20(19)13-5-10-17(30-2)18(11-13)31-3/h5-11,20H,4,12H2,1-3H3,(H2,24,25,27). The van der Waals surface area contributed by atoms with Crippen LogP contribution in [0.2, 0.25) is 0 Å². The largest absolute Gasteiger partial charge is 0.493 e. The number of amides is 2. The van der Waals surface area contributed by atoms with E-state index >= 15 is 0 Å². The van der Waals surface area contributed by atoms with Crippen molar-refractivity contribution >= 4 is 21.8 Å². The Labute approximate surface area is 190 Å². The predicted octanol–water partition coefficient (Wildman–Crippen LogP) is 2.49. The highest BCUT2D eigenvalue weighted by atomic mass is 32.2. The molecule has 9 nitrogen and oxygen atoms in total. The summed E-state index contributed by atoms with van der Waals surface area (Å²) in [6.07, 6.45) is 0. The third-order valence-electron chi connectivity index (χ3n) is 4.90. The van der Waals surface area contributed by atoms with Crippen LogP contribution in [-0.4, -0.2) is 47.0 Å². The molecule has 1 unspecified atom stereocenters. The average molecular weight is 478 g/mol. The molecule has 0 aliphatic carbocycles. The fraction of sp³-hybridized carbons (Fsp3) is 0.273. The molecule has 2 aromatic rings. The average Bonchev–Trinajstić information content (AvgIpc) is 2.78. The first-order chi connectivity index (χ1) is 15.7. The van der Waals surface area contributed by atoms with E-state index in [-0.39, 0.29) is 22.8 Å². The number of ether oxygens (including phenoxy) is 3. The lowest BCUT2D eigenvalue weighted by molar-refractivity contribution is -0.139. The van der Waals surface area contributed by atoms with Crippen LogP contribution in [-0.2, 0) is 19.4 Å². The number of rotatable bonds is 8.